The molecule has 5 nitrogen and oxygen atoms in total. The summed E-state index contributed by atoms with van der Waals surface area (Å²) in [5.41, 5.74) is 7.21. The van der Waals surface area contributed by atoms with Crippen LogP contribution in [0.1, 0.15) is 5.69 Å². The first-order valence-corrected chi connectivity index (χ1v) is 4.98. The number of hydrogen-bond donors (Lipinski definition) is 2. The molecule has 2 rings (SSSR count). The van der Waals surface area contributed by atoms with Gasteiger partial charge < -0.3 is 10.8 Å². The van der Waals surface area contributed by atoms with Gasteiger partial charge in [-0.1, -0.05) is 18.2 Å². The van der Waals surface area contributed by atoms with Gasteiger partial charge in [0.15, 0.2) is 0 Å². The Morgan fingerprint density at radius 3 is 2.94 bits per heavy atom. The molecule has 3 N–H and O–H groups in total. The fraction of sp³-hybridized carbons (Fsp3) is 0.273. The Hall–Kier alpha value is -1.88. The van der Waals surface area contributed by atoms with Crippen molar-refractivity contribution in [1.29, 1.82) is 0 Å². The van der Waals surface area contributed by atoms with Crippen LogP contribution in [0.3, 0.4) is 0 Å². The van der Waals surface area contributed by atoms with Crippen LogP contribution in [0.25, 0.3) is 10.9 Å². The molecular weight excluding hydrogens is 206 g/mol. The van der Waals surface area contributed by atoms with Crippen LogP contribution in [-0.2, 0) is 18.3 Å². The van der Waals surface area contributed by atoms with Gasteiger partial charge in [-0.15, -0.1) is 0 Å². The van der Waals surface area contributed by atoms with Crippen molar-refractivity contribution < 1.29 is 9.90 Å². The molecule has 84 valence electrons. The van der Waals surface area contributed by atoms with Gasteiger partial charge in [-0.05, 0) is 6.07 Å². The highest BCUT2D eigenvalue weighted by Gasteiger charge is 2.16. The molecule has 0 amide bonds. The Kier molecular flexibility index (Phi) is 2.62. The van der Waals surface area contributed by atoms with E-state index < -0.39 is 12.0 Å². The van der Waals surface area contributed by atoms with Crippen molar-refractivity contribution in [2.24, 2.45) is 12.8 Å². The zero-order valence-corrected chi connectivity index (χ0v) is 8.92. The lowest BCUT2D eigenvalue weighted by atomic mass is 10.1. The zero-order valence-electron chi connectivity index (χ0n) is 8.92. The lowest BCUT2D eigenvalue weighted by Crippen LogP contribution is -2.32. The molecule has 0 spiro atoms. The third-order valence-electron chi connectivity index (χ3n) is 2.56. The van der Waals surface area contributed by atoms with E-state index in [0.29, 0.717) is 0 Å². The van der Waals surface area contributed by atoms with Crippen LogP contribution < -0.4 is 5.73 Å². The number of para-hydroxylation sites is 1. The van der Waals surface area contributed by atoms with Gasteiger partial charge in [0.05, 0.1) is 11.2 Å². The fourth-order valence-corrected chi connectivity index (χ4v) is 1.74. The van der Waals surface area contributed by atoms with E-state index in [0.717, 1.165) is 16.6 Å². The second kappa shape index (κ2) is 3.94. The van der Waals surface area contributed by atoms with E-state index in [-0.39, 0.29) is 6.42 Å². The van der Waals surface area contributed by atoms with Gasteiger partial charge in [0.1, 0.15) is 6.04 Å². The van der Waals surface area contributed by atoms with Crippen LogP contribution in [0.5, 0.6) is 0 Å². The molecular formula is C11H13N3O2. The number of benzene rings is 1. The van der Waals surface area contributed by atoms with Crippen molar-refractivity contribution in [1.82, 2.24) is 9.78 Å². The summed E-state index contributed by atoms with van der Waals surface area (Å²) in [4.78, 5) is 10.7. The molecule has 1 aromatic carbocycles. The van der Waals surface area contributed by atoms with Crippen LogP contribution in [0.2, 0.25) is 0 Å². The molecule has 1 heterocycles. The number of rotatable bonds is 3. The third-order valence-corrected chi connectivity index (χ3v) is 2.56. The number of fused-ring (bicyclic) bond motifs is 1. The minimum absolute atomic E-state index is 0.247. The molecule has 1 atom stereocenters. The first-order valence-electron chi connectivity index (χ1n) is 4.98. The molecule has 0 aliphatic carbocycles. The molecule has 0 saturated carbocycles. The Labute approximate surface area is 92.5 Å². The first kappa shape index (κ1) is 10.6. The summed E-state index contributed by atoms with van der Waals surface area (Å²) >= 11 is 0. The summed E-state index contributed by atoms with van der Waals surface area (Å²) in [6.07, 6.45) is 0.247. The quantitative estimate of drug-likeness (QED) is 0.788. The number of carboxylic acids is 1. The van der Waals surface area contributed by atoms with E-state index >= 15 is 0 Å². The fourth-order valence-electron chi connectivity index (χ4n) is 1.74. The van der Waals surface area contributed by atoms with Gasteiger partial charge in [-0.3, -0.25) is 9.48 Å². The SMILES string of the molecule is Cn1nc(CC(N)C(=O)O)c2ccccc21. The molecule has 0 radical (unpaired) electrons. The second-order valence-electron chi connectivity index (χ2n) is 3.74. The van der Waals surface area contributed by atoms with Crippen LogP contribution in [0.15, 0.2) is 24.3 Å². The largest absolute Gasteiger partial charge is 0.480 e. The van der Waals surface area contributed by atoms with Gasteiger partial charge in [0.2, 0.25) is 0 Å². The number of carboxylic acid groups (broad SMARTS) is 1. The van der Waals surface area contributed by atoms with E-state index in [1.54, 1.807) is 4.68 Å². The summed E-state index contributed by atoms with van der Waals surface area (Å²) in [7, 11) is 1.83. The highest BCUT2D eigenvalue weighted by molar-refractivity contribution is 5.83. The van der Waals surface area contributed by atoms with E-state index in [1.807, 2.05) is 31.3 Å². The molecule has 0 saturated heterocycles. The Morgan fingerprint density at radius 2 is 2.25 bits per heavy atom. The first-order chi connectivity index (χ1) is 7.59. The molecule has 0 bridgehead atoms. The maximum Gasteiger partial charge on any atom is 0.320 e. The van der Waals surface area contributed by atoms with E-state index in [2.05, 4.69) is 5.10 Å². The van der Waals surface area contributed by atoms with Gasteiger partial charge in [-0.2, -0.15) is 5.10 Å². The van der Waals surface area contributed by atoms with Crippen LogP contribution in [0.4, 0.5) is 0 Å². The highest BCUT2D eigenvalue weighted by Crippen LogP contribution is 2.18. The number of hydrogen-bond acceptors (Lipinski definition) is 3. The van der Waals surface area contributed by atoms with E-state index in [9.17, 15) is 4.79 Å². The minimum Gasteiger partial charge on any atom is -0.480 e. The number of aromatic nitrogens is 2. The maximum atomic E-state index is 10.7. The molecule has 0 fully saturated rings. The standard InChI is InChI=1S/C11H13N3O2/c1-14-10-5-3-2-4-7(10)9(13-14)6-8(12)11(15)16/h2-5,8H,6,12H2,1H3,(H,15,16). The molecule has 1 unspecified atom stereocenters. The van der Waals surface area contributed by atoms with Gasteiger partial charge in [-0.25, -0.2) is 0 Å². The van der Waals surface area contributed by atoms with Crippen molar-refractivity contribution in [3.8, 4) is 0 Å². The summed E-state index contributed by atoms with van der Waals surface area (Å²) in [6.45, 7) is 0. The van der Waals surface area contributed by atoms with Gasteiger partial charge in [0.25, 0.3) is 0 Å². The lowest BCUT2D eigenvalue weighted by molar-refractivity contribution is -0.138. The average molecular weight is 219 g/mol. The molecule has 2 aromatic rings. The predicted octanol–water partition coefficient (Wildman–Crippen LogP) is 0.528. The van der Waals surface area contributed by atoms with Crippen LogP contribution >= 0.6 is 0 Å². The van der Waals surface area contributed by atoms with Crippen molar-refractivity contribution in [3.05, 3.63) is 30.0 Å². The van der Waals surface area contributed by atoms with Crippen LogP contribution in [-0.4, -0.2) is 26.9 Å². The van der Waals surface area contributed by atoms with E-state index in [1.165, 1.54) is 0 Å². The predicted molar refractivity (Wildman–Crippen MR) is 60.0 cm³/mol. The Morgan fingerprint density at radius 1 is 1.56 bits per heavy atom. The maximum absolute atomic E-state index is 10.7. The second-order valence-corrected chi connectivity index (χ2v) is 3.74. The molecule has 0 aliphatic rings. The summed E-state index contributed by atoms with van der Waals surface area (Å²) in [5.74, 6) is -1.00. The average Bonchev–Trinajstić information content (AvgIpc) is 2.57. The lowest BCUT2D eigenvalue weighted by Gasteiger charge is -2.03. The Bertz CT molecular complexity index is 533. The number of aliphatic carboxylic acids is 1. The van der Waals surface area contributed by atoms with Gasteiger partial charge >= 0.3 is 5.97 Å². The zero-order chi connectivity index (χ0) is 11.7. The summed E-state index contributed by atoms with van der Waals surface area (Å²) in [6, 6.07) is 6.79. The normalized spacial score (nSPS) is 12.9. The molecule has 0 aliphatic heterocycles. The minimum atomic E-state index is -1.00. The monoisotopic (exact) mass is 219 g/mol. The summed E-state index contributed by atoms with van der Waals surface area (Å²) in [5, 5.41) is 14.0. The third kappa shape index (κ3) is 1.77. The number of nitrogens with two attached hydrogens (primary N) is 1. The topological polar surface area (TPSA) is 81.1 Å². The number of nitrogens with zero attached hydrogens (tertiary/aromatic N) is 2. The highest BCUT2D eigenvalue weighted by atomic mass is 16.4. The van der Waals surface area contributed by atoms with Crippen molar-refractivity contribution in [2.45, 2.75) is 12.5 Å². The van der Waals surface area contributed by atoms with E-state index in [4.69, 9.17) is 10.8 Å². The molecule has 1 aromatic heterocycles. The van der Waals surface area contributed by atoms with Gasteiger partial charge in [0, 0.05) is 18.9 Å². The Balaban J connectivity index is 2.42. The van der Waals surface area contributed by atoms with Crippen LogP contribution in [0, 0.1) is 0 Å². The van der Waals surface area contributed by atoms with Crippen molar-refractivity contribution >= 4 is 16.9 Å². The number of aryl methyl sites for hydroxylation is 1. The summed E-state index contributed by atoms with van der Waals surface area (Å²) < 4.78 is 1.74. The molecule has 16 heavy (non-hydrogen) atoms. The number of carbonyl (C=O) groups is 1. The van der Waals surface area contributed by atoms with Crippen molar-refractivity contribution in [2.75, 3.05) is 0 Å². The van der Waals surface area contributed by atoms with Crippen molar-refractivity contribution in [3.63, 3.8) is 0 Å². The molecule has 5 heteroatoms. The smallest absolute Gasteiger partial charge is 0.320 e.